The van der Waals surface area contributed by atoms with Crippen molar-refractivity contribution in [3.63, 3.8) is 0 Å². The molecule has 0 atom stereocenters. The number of carbonyl (C=O) groups excluding carboxylic acids is 1. The number of nitrogens with one attached hydrogen (secondary N) is 2. The van der Waals surface area contributed by atoms with Gasteiger partial charge in [-0.1, -0.05) is 61.4 Å². The number of benzene rings is 3. The third-order valence-corrected chi connectivity index (χ3v) is 7.78. The zero-order valence-electron chi connectivity index (χ0n) is 20.3. The van der Waals surface area contributed by atoms with Gasteiger partial charge in [-0.15, -0.1) is 0 Å². The second-order valence-corrected chi connectivity index (χ2v) is 10.3. The third-order valence-electron chi connectivity index (χ3n) is 6.83. The molecule has 186 valence electrons. The molecule has 1 amide bonds. The lowest BCUT2D eigenvalue weighted by molar-refractivity contribution is 0.0928. The van der Waals surface area contributed by atoms with Gasteiger partial charge in [-0.3, -0.25) is 14.2 Å². The number of H-pyrrole nitrogens is 1. The number of hydrogen-bond acceptors (Lipinski definition) is 5. The number of aromatic nitrogens is 4. The number of aromatic amines is 1. The Labute approximate surface area is 218 Å². The van der Waals surface area contributed by atoms with Crippen LogP contribution >= 0.6 is 11.8 Å². The molecule has 1 fully saturated rings. The first-order valence-electron chi connectivity index (χ1n) is 12.7. The maximum atomic E-state index is 13.7. The zero-order valence-corrected chi connectivity index (χ0v) is 21.1. The number of amides is 1. The number of nitrogens with zero attached hydrogens (tertiary/aromatic N) is 3. The van der Waals surface area contributed by atoms with Gasteiger partial charge in [0.15, 0.2) is 5.16 Å². The van der Waals surface area contributed by atoms with Crippen molar-refractivity contribution >= 4 is 39.6 Å². The van der Waals surface area contributed by atoms with Gasteiger partial charge in [0.1, 0.15) is 5.82 Å². The maximum Gasteiger partial charge on any atom is 0.266 e. The van der Waals surface area contributed by atoms with Crippen LogP contribution in [0.1, 0.15) is 48.3 Å². The summed E-state index contributed by atoms with van der Waals surface area (Å²) in [7, 11) is 0. The Morgan fingerprint density at radius 3 is 2.54 bits per heavy atom. The Bertz CT molecular complexity index is 1600. The molecule has 37 heavy (non-hydrogen) atoms. The average Bonchev–Trinajstić information content (AvgIpc) is 3.36. The van der Waals surface area contributed by atoms with Crippen LogP contribution in [0.2, 0.25) is 0 Å². The molecule has 3 aromatic carbocycles. The summed E-state index contributed by atoms with van der Waals surface area (Å²) in [6.45, 7) is 0. The van der Waals surface area contributed by atoms with Crippen molar-refractivity contribution in [2.45, 2.75) is 49.1 Å². The van der Waals surface area contributed by atoms with Crippen LogP contribution in [0, 0.1) is 0 Å². The van der Waals surface area contributed by atoms with Gasteiger partial charge >= 0.3 is 0 Å². The van der Waals surface area contributed by atoms with Gasteiger partial charge in [-0.25, -0.2) is 9.97 Å². The molecule has 0 saturated heterocycles. The van der Waals surface area contributed by atoms with Gasteiger partial charge in [0.2, 0.25) is 0 Å². The van der Waals surface area contributed by atoms with Crippen molar-refractivity contribution in [2.24, 2.45) is 0 Å². The van der Waals surface area contributed by atoms with Crippen LogP contribution in [0.15, 0.2) is 82.7 Å². The number of fused-ring (bicyclic) bond motifs is 2. The summed E-state index contributed by atoms with van der Waals surface area (Å²) in [6.07, 6.45) is 5.56. The summed E-state index contributed by atoms with van der Waals surface area (Å²) in [5.74, 6) is 1.21. The lowest BCUT2D eigenvalue weighted by atomic mass is 9.95. The molecule has 0 radical (unpaired) electrons. The molecule has 1 saturated carbocycles. The highest BCUT2D eigenvalue weighted by molar-refractivity contribution is 7.98. The minimum atomic E-state index is -0.164. The highest BCUT2D eigenvalue weighted by atomic mass is 32.2. The van der Waals surface area contributed by atoms with E-state index in [1.807, 2.05) is 54.6 Å². The molecule has 2 N–H and O–H groups in total. The number of rotatable bonds is 6. The largest absolute Gasteiger partial charge is 0.349 e. The van der Waals surface area contributed by atoms with Crippen molar-refractivity contribution in [1.82, 2.24) is 24.8 Å². The van der Waals surface area contributed by atoms with E-state index in [0.29, 0.717) is 27.4 Å². The number of thioether (sulfide) groups is 1. The van der Waals surface area contributed by atoms with E-state index in [-0.39, 0.29) is 17.5 Å². The van der Waals surface area contributed by atoms with Crippen molar-refractivity contribution in [2.75, 3.05) is 0 Å². The second-order valence-electron chi connectivity index (χ2n) is 9.40. The minimum absolute atomic E-state index is 0.112. The Kier molecular flexibility index (Phi) is 6.49. The fraction of sp³-hybridized carbons (Fsp3) is 0.241. The van der Waals surface area contributed by atoms with Crippen molar-refractivity contribution in [1.29, 1.82) is 0 Å². The van der Waals surface area contributed by atoms with Crippen molar-refractivity contribution in [3.8, 4) is 5.69 Å². The quantitative estimate of drug-likeness (QED) is 0.229. The van der Waals surface area contributed by atoms with E-state index in [2.05, 4.69) is 15.3 Å². The number of carbonyl (C=O) groups is 1. The van der Waals surface area contributed by atoms with Gasteiger partial charge in [0, 0.05) is 11.6 Å². The molecular formula is C29H27N5O2S. The standard InChI is InChI=1S/C29H27N5O2S/c35-27(30-20-9-3-1-4-10-20)19-15-16-22-25(17-19)33-29(34(28(22)36)21-11-5-2-6-12-21)37-18-26-31-23-13-7-8-14-24(23)32-26/h2,5-8,11-17,20H,1,3-4,9-10,18H2,(H,30,35)(H,31,32). The fourth-order valence-electron chi connectivity index (χ4n) is 4.93. The van der Waals surface area contributed by atoms with Gasteiger partial charge in [-0.05, 0) is 55.3 Å². The van der Waals surface area contributed by atoms with E-state index in [0.717, 1.165) is 48.2 Å². The molecule has 6 rings (SSSR count). The summed E-state index contributed by atoms with van der Waals surface area (Å²) in [5.41, 5.74) is 3.49. The molecule has 2 heterocycles. The van der Waals surface area contributed by atoms with E-state index in [4.69, 9.17) is 4.98 Å². The molecule has 1 aliphatic rings. The molecular weight excluding hydrogens is 482 g/mol. The topological polar surface area (TPSA) is 92.7 Å². The van der Waals surface area contributed by atoms with E-state index in [1.54, 1.807) is 22.8 Å². The van der Waals surface area contributed by atoms with Crippen LogP contribution in [0.3, 0.4) is 0 Å². The number of para-hydroxylation sites is 3. The number of imidazole rings is 1. The molecule has 0 aliphatic heterocycles. The lowest BCUT2D eigenvalue weighted by Crippen LogP contribution is -2.36. The normalized spacial score (nSPS) is 14.3. The highest BCUT2D eigenvalue weighted by Gasteiger charge is 2.19. The van der Waals surface area contributed by atoms with Gasteiger partial charge in [0.05, 0.1) is 33.4 Å². The van der Waals surface area contributed by atoms with E-state index >= 15 is 0 Å². The lowest BCUT2D eigenvalue weighted by Gasteiger charge is -2.22. The van der Waals surface area contributed by atoms with Crippen LogP contribution in [0.4, 0.5) is 0 Å². The summed E-state index contributed by atoms with van der Waals surface area (Å²) in [4.78, 5) is 39.5. The maximum absolute atomic E-state index is 13.7. The average molecular weight is 510 g/mol. The van der Waals surface area contributed by atoms with Crippen LogP contribution in [-0.2, 0) is 5.75 Å². The highest BCUT2D eigenvalue weighted by Crippen LogP contribution is 2.25. The monoisotopic (exact) mass is 509 g/mol. The minimum Gasteiger partial charge on any atom is -0.349 e. The van der Waals surface area contributed by atoms with Gasteiger partial charge in [0.25, 0.3) is 11.5 Å². The summed E-state index contributed by atoms with van der Waals surface area (Å²) in [5, 5.41) is 4.19. The molecule has 8 heteroatoms. The Morgan fingerprint density at radius 1 is 0.946 bits per heavy atom. The van der Waals surface area contributed by atoms with Crippen LogP contribution in [0.25, 0.3) is 27.6 Å². The molecule has 5 aromatic rings. The van der Waals surface area contributed by atoms with E-state index < -0.39 is 0 Å². The van der Waals surface area contributed by atoms with Crippen LogP contribution in [0.5, 0.6) is 0 Å². The smallest absolute Gasteiger partial charge is 0.266 e. The molecule has 0 spiro atoms. The molecule has 7 nitrogen and oxygen atoms in total. The van der Waals surface area contributed by atoms with E-state index in [9.17, 15) is 9.59 Å². The Balaban J connectivity index is 1.37. The third kappa shape index (κ3) is 4.89. The zero-order chi connectivity index (χ0) is 25.2. The van der Waals surface area contributed by atoms with Crippen molar-refractivity contribution in [3.05, 3.63) is 94.5 Å². The number of hydrogen-bond donors (Lipinski definition) is 2. The molecule has 2 aromatic heterocycles. The predicted octanol–water partition coefficient (Wildman–Crippen LogP) is 5.62. The van der Waals surface area contributed by atoms with Crippen LogP contribution < -0.4 is 10.9 Å². The molecule has 0 unspecified atom stereocenters. The van der Waals surface area contributed by atoms with Gasteiger partial charge < -0.3 is 10.3 Å². The summed E-state index contributed by atoms with van der Waals surface area (Å²) in [6, 6.07) is 22.8. The summed E-state index contributed by atoms with van der Waals surface area (Å²) < 4.78 is 1.64. The fourth-order valence-corrected chi connectivity index (χ4v) is 5.81. The Morgan fingerprint density at radius 2 is 1.73 bits per heavy atom. The Hall–Kier alpha value is -3.91. The predicted molar refractivity (Wildman–Crippen MR) is 147 cm³/mol. The van der Waals surface area contributed by atoms with Gasteiger partial charge in [-0.2, -0.15) is 0 Å². The summed E-state index contributed by atoms with van der Waals surface area (Å²) >= 11 is 1.44. The SMILES string of the molecule is O=C(NC1CCCCC1)c1ccc2c(=O)n(-c3ccccc3)c(SCc3nc4ccccc4[nH]3)nc2c1. The first kappa shape index (κ1) is 23.5. The van der Waals surface area contributed by atoms with Crippen LogP contribution in [-0.4, -0.2) is 31.5 Å². The molecule has 0 bridgehead atoms. The van der Waals surface area contributed by atoms with Crippen molar-refractivity contribution < 1.29 is 4.79 Å². The molecule has 1 aliphatic carbocycles. The first-order chi connectivity index (χ1) is 18.2. The second kappa shape index (κ2) is 10.2. The van der Waals surface area contributed by atoms with E-state index in [1.165, 1.54) is 18.2 Å². The first-order valence-corrected chi connectivity index (χ1v) is 13.6.